The molecule has 2 N–H and O–H groups in total. The fourth-order valence-corrected chi connectivity index (χ4v) is 2.47. The van der Waals surface area contributed by atoms with E-state index in [0.29, 0.717) is 0 Å². The van der Waals surface area contributed by atoms with Gasteiger partial charge in [-0.05, 0) is 12.5 Å². The van der Waals surface area contributed by atoms with Crippen LogP contribution in [0.2, 0.25) is 0 Å². The minimum atomic E-state index is -0.270. The van der Waals surface area contributed by atoms with Gasteiger partial charge in [0.25, 0.3) is 0 Å². The van der Waals surface area contributed by atoms with E-state index in [-0.39, 0.29) is 11.0 Å². The number of rotatable bonds is 0. The lowest BCUT2D eigenvalue weighted by molar-refractivity contribution is 0.284. The van der Waals surface area contributed by atoms with Crippen molar-refractivity contribution in [2.24, 2.45) is 11.1 Å². The molecular weight excluding hydrogens is 172 g/mol. The summed E-state index contributed by atoms with van der Waals surface area (Å²) < 4.78 is 0. The monoisotopic (exact) mass is 190 g/mol. The van der Waals surface area contributed by atoms with Crippen molar-refractivity contribution >= 4 is 0 Å². The molecular formula is C12H18N2. The number of likely N-dealkylation sites (tertiary alicyclic amines) is 1. The standard InChI is InChI=1S/C12H18N2/c1-9-11(2,3)12(13)8-6-5-7-10(12)14(9)4/h5-7H,1,8,13H2,2-4H3. The summed E-state index contributed by atoms with van der Waals surface area (Å²) in [4.78, 5) is 2.13. The lowest BCUT2D eigenvalue weighted by atomic mass is 9.69. The molecule has 1 fully saturated rings. The van der Waals surface area contributed by atoms with Crippen LogP contribution in [-0.4, -0.2) is 17.5 Å². The Morgan fingerprint density at radius 3 is 2.71 bits per heavy atom. The Labute approximate surface area is 85.8 Å². The maximum Gasteiger partial charge on any atom is 0.0704 e. The second-order valence-electron chi connectivity index (χ2n) is 4.79. The molecule has 0 aromatic heterocycles. The molecule has 1 aliphatic heterocycles. The Kier molecular flexibility index (Phi) is 1.71. The maximum atomic E-state index is 6.50. The van der Waals surface area contributed by atoms with Gasteiger partial charge in [0.05, 0.1) is 5.54 Å². The largest absolute Gasteiger partial charge is 0.350 e. The Bertz CT molecular complexity index is 349. The van der Waals surface area contributed by atoms with E-state index in [4.69, 9.17) is 5.73 Å². The van der Waals surface area contributed by atoms with Crippen molar-refractivity contribution in [1.29, 1.82) is 0 Å². The summed E-state index contributed by atoms with van der Waals surface area (Å²) in [6, 6.07) is 0. The average molecular weight is 190 g/mol. The van der Waals surface area contributed by atoms with Crippen LogP contribution in [0.5, 0.6) is 0 Å². The molecule has 1 saturated heterocycles. The van der Waals surface area contributed by atoms with Crippen molar-refractivity contribution in [2.75, 3.05) is 7.05 Å². The molecule has 0 aromatic carbocycles. The fourth-order valence-electron chi connectivity index (χ4n) is 2.47. The zero-order valence-corrected chi connectivity index (χ0v) is 9.17. The first-order valence-corrected chi connectivity index (χ1v) is 5.00. The lowest BCUT2D eigenvalue weighted by Gasteiger charge is -2.37. The Morgan fingerprint density at radius 2 is 2.14 bits per heavy atom. The molecule has 2 aliphatic rings. The quantitative estimate of drug-likeness (QED) is 0.633. The van der Waals surface area contributed by atoms with Crippen molar-refractivity contribution in [3.05, 3.63) is 36.2 Å². The van der Waals surface area contributed by atoms with E-state index < -0.39 is 0 Å². The number of nitrogens with zero attached hydrogens (tertiary/aromatic N) is 1. The molecule has 0 radical (unpaired) electrons. The summed E-state index contributed by atoms with van der Waals surface area (Å²) in [5, 5.41) is 0. The molecule has 1 heterocycles. The average Bonchev–Trinajstić information content (AvgIpc) is 2.27. The van der Waals surface area contributed by atoms with Crippen LogP contribution in [0.15, 0.2) is 36.2 Å². The van der Waals surface area contributed by atoms with Crippen LogP contribution >= 0.6 is 0 Å². The van der Waals surface area contributed by atoms with Crippen molar-refractivity contribution in [2.45, 2.75) is 25.8 Å². The van der Waals surface area contributed by atoms with Crippen molar-refractivity contribution in [1.82, 2.24) is 4.90 Å². The fraction of sp³-hybridized carbons (Fsp3) is 0.500. The van der Waals surface area contributed by atoms with Crippen molar-refractivity contribution in [3.8, 4) is 0 Å². The second kappa shape index (κ2) is 2.51. The SMILES string of the molecule is C=C1N(C)C2=CC=CCC2(N)C1(C)C. The molecule has 1 unspecified atom stereocenters. The van der Waals surface area contributed by atoms with Gasteiger partial charge in [-0.1, -0.05) is 32.6 Å². The minimum Gasteiger partial charge on any atom is -0.350 e. The Balaban J connectivity index is 2.59. The Hall–Kier alpha value is -1.02. The van der Waals surface area contributed by atoms with Gasteiger partial charge >= 0.3 is 0 Å². The number of nitrogens with two attached hydrogens (primary N) is 1. The van der Waals surface area contributed by atoms with Gasteiger partial charge in [-0.15, -0.1) is 0 Å². The molecule has 2 heteroatoms. The summed E-state index contributed by atoms with van der Waals surface area (Å²) in [5.41, 5.74) is 8.47. The third-order valence-corrected chi connectivity index (χ3v) is 3.89. The predicted molar refractivity (Wildman–Crippen MR) is 59.4 cm³/mol. The second-order valence-corrected chi connectivity index (χ2v) is 4.79. The molecule has 0 amide bonds. The highest BCUT2D eigenvalue weighted by Crippen LogP contribution is 2.52. The zero-order valence-electron chi connectivity index (χ0n) is 9.17. The number of likely N-dealkylation sites (N-methyl/N-ethyl adjacent to an activating group) is 1. The van der Waals surface area contributed by atoms with Crippen LogP contribution in [-0.2, 0) is 0 Å². The van der Waals surface area contributed by atoms with Gasteiger partial charge in [0, 0.05) is 23.9 Å². The predicted octanol–water partition coefficient (Wildman–Crippen LogP) is 2.01. The molecule has 1 aliphatic carbocycles. The van der Waals surface area contributed by atoms with Crippen LogP contribution < -0.4 is 5.73 Å². The van der Waals surface area contributed by atoms with Crippen molar-refractivity contribution < 1.29 is 0 Å². The smallest absolute Gasteiger partial charge is 0.0704 e. The normalized spacial score (nSPS) is 34.4. The van der Waals surface area contributed by atoms with Crippen LogP contribution in [0, 0.1) is 5.41 Å². The lowest BCUT2D eigenvalue weighted by Crippen LogP contribution is -2.50. The van der Waals surface area contributed by atoms with E-state index in [0.717, 1.165) is 12.1 Å². The first kappa shape index (κ1) is 9.53. The number of fused-ring (bicyclic) bond motifs is 1. The Morgan fingerprint density at radius 1 is 1.50 bits per heavy atom. The molecule has 2 rings (SSSR count). The van der Waals surface area contributed by atoms with Gasteiger partial charge in [0.15, 0.2) is 0 Å². The first-order chi connectivity index (χ1) is 6.41. The summed E-state index contributed by atoms with van der Waals surface area (Å²) in [5.74, 6) is 0. The van der Waals surface area contributed by atoms with E-state index in [1.165, 1.54) is 5.70 Å². The summed E-state index contributed by atoms with van der Waals surface area (Å²) >= 11 is 0. The molecule has 14 heavy (non-hydrogen) atoms. The van der Waals surface area contributed by atoms with E-state index >= 15 is 0 Å². The van der Waals surface area contributed by atoms with Gasteiger partial charge in [0.1, 0.15) is 0 Å². The number of hydrogen-bond donors (Lipinski definition) is 1. The van der Waals surface area contributed by atoms with E-state index in [1.54, 1.807) is 0 Å². The van der Waals surface area contributed by atoms with Crippen LogP contribution in [0.3, 0.4) is 0 Å². The summed E-state index contributed by atoms with van der Waals surface area (Å²) in [7, 11) is 2.05. The molecule has 76 valence electrons. The van der Waals surface area contributed by atoms with Gasteiger partial charge in [-0.3, -0.25) is 0 Å². The van der Waals surface area contributed by atoms with Crippen LogP contribution in [0.25, 0.3) is 0 Å². The number of allylic oxidation sites excluding steroid dienone is 2. The molecule has 0 spiro atoms. The van der Waals surface area contributed by atoms with Crippen LogP contribution in [0.4, 0.5) is 0 Å². The highest BCUT2D eigenvalue weighted by atomic mass is 15.2. The molecule has 0 saturated carbocycles. The molecule has 0 aromatic rings. The number of hydrogen-bond acceptors (Lipinski definition) is 2. The van der Waals surface area contributed by atoms with E-state index in [1.807, 2.05) is 7.05 Å². The van der Waals surface area contributed by atoms with Crippen molar-refractivity contribution in [3.63, 3.8) is 0 Å². The zero-order chi connectivity index (χ0) is 10.6. The maximum absolute atomic E-state index is 6.50. The van der Waals surface area contributed by atoms with Crippen LogP contribution in [0.1, 0.15) is 20.3 Å². The molecule has 2 nitrogen and oxygen atoms in total. The highest BCUT2D eigenvalue weighted by molar-refractivity contribution is 5.43. The molecule has 1 atom stereocenters. The van der Waals surface area contributed by atoms with Gasteiger partial charge < -0.3 is 10.6 Å². The topological polar surface area (TPSA) is 29.3 Å². The van der Waals surface area contributed by atoms with E-state index in [2.05, 4.69) is 43.6 Å². The third-order valence-electron chi connectivity index (χ3n) is 3.89. The summed E-state index contributed by atoms with van der Waals surface area (Å²) in [6.45, 7) is 8.48. The third kappa shape index (κ3) is 0.845. The van der Waals surface area contributed by atoms with Gasteiger partial charge in [-0.25, -0.2) is 0 Å². The first-order valence-electron chi connectivity index (χ1n) is 5.00. The molecule has 0 bridgehead atoms. The van der Waals surface area contributed by atoms with Gasteiger partial charge in [0.2, 0.25) is 0 Å². The minimum absolute atomic E-state index is 0.0572. The van der Waals surface area contributed by atoms with Gasteiger partial charge in [-0.2, -0.15) is 0 Å². The van der Waals surface area contributed by atoms with E-state index in [9.17, 15) is 0 Å². The highest BCUT2D eigenvalue weighted by Gasteiger charge is 2.54. The summed E-state index contributed by atoms with van der Waals surface area (Å²) in [6.07, 6.45) is 7.21.